The Labute approximate surface area is 194 Å². The Morgan fingerprint density at radius 3 is 2.35 bits per heavy atom. The number of halogens is 1. The maximum Gasteiger partial charge on any atom is 0.303 e. The summed E-state index contributed by atoms with van der Waals surface area (Å²) in [6.45, 7) is 11.9. The molecule has 0 aromatic rings. The van der Waals surface area contributed by atoms with E-state index in [0.717, 1.165) is 25.7 Å². The van der Waals surface area contributed by atoms with Crippen LogP contribution < -0.4 is 0 Å². The van der Waals surface area contributed by atoms with E-state index in [9.17, 15) is 14.7 Å². The highest BCUT2D eigenvalue weighted by atomic mass is 79.9. The number of esters is 2. The lowest BCUT2D eigenvalue weighted by Crippen LogP contribution is -2.68. The molecule has 0 spiro atoms. The number of carbonyl (C=O) groups is 2. The van der Waals surface area contributed by atoms with Crippen LogP contribution in [0.2, 0.25) is 0 Å². The first kappa shape index (κ1) is 23.3. The lowest BCUT2D eigenvalue weighted by Gasteiger charge is -2.67. The SMILES string of the molecule is CC(=O)O[C@H]1CC[C@H]2[C@@H]3[C@H](C)[C@@H](O)[C@@]4(Br)C[C@@H](OC(C)=O)C=C(C)[C@]4(C)[C@H]3CC[C@]12C. The first-order chi connectivity index (χ1) is 14.4. The fourth-order valence-electron chi connectivity index (χ4n) is 8.24. The second-order valence-corrected chi connectivity index (χ2v) is 12.5. The van der Waals surface area contributed by atoms with E-state index in [1.165, 1.54) is 19.4 Å². The topological polar surface area (TPSA) is 72.8 Å². The van der Waals surface area contributed by atoms with Gasteiger partial charge in [-0.2, -0.15) is 0 Å². The molecule has 10 atom stereocenters. The number of carbonyl (C=O) groups excluding carboxylic acids is 2. The molecule has 0 bridgehead atoms. The van der Waals surface area contributed by atoms with Crippen molar-refractivity contribution < 1.29 is 24.2 Å². The molecule has 0 unspecified atom stereocenters. The highest BCUT2D eigenvalue weighted by molar-refractivity contribution is 9.10. The van der Waals surface area contributed by atoms with Crippen LogP contribution in [0.15, 0.2) is 11.6 Å². The molecule has 3 saturated carbocycles. The highest BCUT2D eigenvalue weighted by Gasteiger charge is 2.70. The monoisotopic (exact) mass is 496 g/mol. The van der Waals surface area contributed by atoms with Crippen molar-refractivity contribution >= 4 is 27.9 Å². The number of allylic oxidation sites excluding steroid dienone is 1. The number of fused-ring (bicyclic) bond motifs is 5. The van der Waals surface area contributed by atoms with Gasteiger partial charge in [0, 0.05) is 31.1 Å². The van der Waals surface area contributed by atoms with Crippen LogP contribution in [-0.4, -0.2) is 39.7 Å². The van der Waals surface area contributed by atoms with Gasteiger partial charge in [0.2, 0.25) is 0 Å². The van der Waals surface area contributed by atoms with Gasteiger partial charge in [-0.15, -0.1) is 0 Å². The molecule has 1 N–H and O–H groups in total. The number of alkyl halides is 1. The normalized spacial score (nSPS) is 51.1. The summed E-state index contributed by atoms with van der Waals surface area (Å²) in [5, 5.41) is 11.7. The van der Waals surface area contributed by atoms with E-state index >= 15 is 0 Å². The molecule has 0 saturated heterocycles. The smallest absolute Gasteiger partial charge is 0.303 e. The Morgan fingerprint density at radius 1 is 1.10 bits per heavy atom. The van der Waals surface area contributed by atoms with Crippen LogP contribution in [0.25, 0.3) is 0 Å². The van der Waals surface area contributed by atoms with E-state index in [2.05, 4.69) is 49.7 Å². The van der Waals surface area contributed by atoms with E-state index in [1.54, 1.807) is 0 Å². The first-order valence-corrected chi connectivity index (χ1v) is 12.6. The molecule has 4 aliphatic carbocycles. The Balaban J connectivity index is 1.74. The standard InChI is InChI=1S/C25H37BrO5/c1-13-11-17(30-15(3)27)12-25(26)22(29)14(2)21-18-7-8-20(31-16(4)28)23(18,5)10-9-19(21)24(13,25)6/h11,14,17-22,29H,7-10,12H2,1-6H3/t14-,17-,18-,19-,20-,21-,22+,23-,24+,25-/m0/s1. The van der Waals surface area contributed by atoms with Crippen LogP contribution >= 0.6 is 15.9 Å². The molecule has 0 heterocycles. The minimum absolute atomic E-state index is 0.0277. The average Bonchev–Trinajstić information content (AvgIpc) is 2.98. The molecule has 6 heteroatoms. The average molecular weight is 497 g/mol. The van der Waals surface area contributed by atoms with Crippen molar-refractivity contribution in [3.05, 3.63) is 11.6 Å². The van der Waals surface area contributed by atoms with Crippen molar-refractivity contribution in [2.24, 2.45) is 34.5 Å². The molecule has 0 aromatic carbocycles. The van der Waals surface area contributed by atoms with E-state index in [1.807, 2.05) is 0 Å². The van der Waals surface area contributed by atoms with Crippen LogP contribution in [0.1, 0.15) is 73.6 Å². The zero-order valence-corrected chi connectivity index (χ0v) is 21.2. The van der Waals surface area contributed by atoms with Crippen LogP contribution in [0.3, 0.4) is 0 Å². The van der Waals surface area contributed by atoms with Gasteiger partial charge in [0.25, 0.3) is 0 Å². The van der Waals surface area contributed by atoms with Gasteiger partial charge in [0.05, 0.1) is 10.4 Å². The lowest BCUT2D eigenvalue weighted by atomic mass is 9.42. The first-order valence-electron chi connectivity index (χ1n) is 11.8. The fraction of sp³-hybridized carbons (Fsp3) is 0.840. The van der Waals surface area contributed by atoms with Crippen molar-refractivity contribution in [2.45, 2.75) is 96.3 Å². The summed E-state index contributed by atoms with van der Waals surface area (Å²) >= 11 is 4.05. The van der Waals surface area contributed by atoms with Crippen molar-refractivity contribution in [3.8, 4) is 0 Å². The molecule has 4 aliphatic rings. The van der Waals surface area contributed by atoms with Crippen molar-refractivity contribution in [1.82, 2.24) is 0 Å². The number of hydrogen-bond donors (Lipinski definition) is 1. The molecule has 5 nitrogen and oxygen atoms in total. The van der Waals surface area contributed by atoms with Gasteiger partial charge in [0.1, 0.15) is 12.2 Å². The zero-order valence-electron chi connectivity index (χ0n) is 19.6. The molecule has 4 rings (SSSR count). The Morgan fingerprint density at radius 2 is 1.74 bits per heavy atom. The summed E-state index contributed by atoms with van der Waals surface area (Å²) < 4.78 is 10.8. The van der Waals surface area contributed by atoms with Crippen LogP contribution in [0.5, 0.6) is 0 Å². The van der Waals surface area contributed by atoms with E-state index in [-0.39, 0.29) is 40.9 Å². The molecule has 0 radical (unpaired) electrons. The van der Waals surface area contributed by atoms with Crippen molar-refractivity contribution in [3.63, 3.8) is 0 Å². The number of rotatable bonds is 2. The zero-order chi connectivity index (χ0) is 22.9. The molecule has 3 fully saturated rings. The third-order valence-electron chi connectivity index (χ3n) is 9.80. The second-order valence-electron chi connectivity index (χ2n) is 11.1. The van der Waals surface area contributed by atoms with Gasteiger partial charge in [0.15, 0.2) is 0 Å². The summed E-state index contributed by atoms with van der Waals surface area (Å²) in [6, 6.07) is 0. The number of ether oxygens (including phenoxy) is 2. The van der Waals surface area contributed by atoms with Gasteiger partial charge in [-0.25, -0.2) is 0 Å². The second kappa shape index (κ2) is 7.58. The maximum atomic E-state index is 11.7. The summed E-state index contributed by atoms with van der Waals surface area (Å²) in [4.78, 5) is 23.4. The van der Waals surface area contributed by atoms with Crippen molar-refractivity contribution in [1.29, 1.82) is 0 Å². The lowest BCUT2D eigenvalue weighted by molar-refractivity contribution is -0.175. The van der Waals surface area contributed by atoms with Gasteiger partial charge < -0.3 is 14.6 Å². The van der Waals surface area contributed by atoms with Gasteiger partial charge in [-0.05, 0) is 62.4 Å². The molecule has 174 valence electrons. The number of aliphatic hydroxyl groups is 1. The van der Waals surface area contributed by atoms with Crippen LogP contribution in [-0.2, 0) is 19.1 Å². The van der Waals surface area contributed by atoms with Crippen molar-refractivity contribution in [2.75, 3.05) is 0 Å². The molecule has 0 aliphatic heterocycles. The Bertz CT molecular complexity index is 810. The summed E-state index contributed by atoms with van der Waals surface area (Å²) in [5.74, 6) is 0.809. The fourth-order valence-corrected chi connectivity index (χ4v) is 9.58. The predicted octanol–water partition coefficient (Wildman–Crippen LogP) is 4.79. The third-order valence-corrected chi connectivity index (χ3v) is 11.4. The molecule has 0 amide bonds. The summed E-state index contributed by atoms with van der Waals surface area (Å²) in [7, 11) is 0. The van der Waals surface area contributed by atoms with E-state index in [4.69, 9.17) is 9.47 Å². The Kier molecular flexibility index (Phi) is 5.69. The van der Waals surface area contributed by atoms with Gasteiger partial charge in [-0.3, -0.25) is 9.59 Å². The number of aliphatic hydroxyl groups excluding tert-OH is 1. The van der Waals surface area contributed by atoms with E-state index in [0.29, 0.717) is 24.2 Å². The molecule has 31 heavy (non-hydrogen) atoms. The minimum atomic E-state index is -0.560. The van der Waals surface area contributed by atoms with Crippen LogP contribution in [0, 0.1) is 34.5 Å². The van der Waals surface area contributed by atoms with Gasteiger partial charge in [-0.1, -0.05) is 42.3 Å². The maximum absolute atomic E-state index is 11.7. The van der Waals surface area contributed by atoms with Crippen LogP contribution in [0.4, 0.5) is 0 Å². The highest BCUT2D eigenvalue weighted by Crippen LogP contribution is 2.71. The van der Waals surface area contributed by atoms with Gasteiger partial charge >= 0.3 is 11.9 Å². The molecular formula is C25H37BrO5. The number of hydrogen-bond acceptors (Lipinski definition) is 5. The molecular weight excluding hydrogens is 460 g/mol. The third kappa shape index (κ3) is 3.18. The predicted molar refractivity (Wildman–Crippen MR) is 121 cm³/mol. The largest absolute Gasteiger partial charge is 0.462 e. The summed E-state index contributed by atoms with van der Waals surface area (Å²) in [6.07, 6.45) is 5.78. The summed E-state index contributed by atoms with van der Waals surface area (Å²) in [5.41, 5.74) is 0.929. The quantitative estimate of drug-likeness (QED) is 0.337. The van der Waals surface area contributed by atoms with E-state index < -0.39 is 10.4 Å². The molecule has 0 aromatic heterocycles. The minimum Gasteiger partial charge on any atom is -0.462 e. The Hall–Kier alpha value is -0.880.